The number of unbranched alkanes of at least 4 members (excludes halogenated alkanes) is 2. The number of rotatable bonds is 11. The van der Waals surface area contributed by atoms with Crippen LogP contribution in [0.15, 0.2) is 47.6 Å². The zero-order chi connectivity index (χ0) is 18.7. The van der Waals surface area contributed by atoms with Gasteiger partial charge in [-0.15, -0.1) is 0 Å². The van der Waals surface area contributed by atoms with Gasteiger partial charge < -0.3 is 15.3 Å². The third-order valence-corrected chi connectivity index (χ3v) is 4.76. The molecule has 0 saturated carbocycles. The molecule has 4 atom stereocenters. The molecule has 0 aliphatic heterocycles. The van der Waals surface area contributed by atoms with Crippen LogP contribution in [0.1, 0.15) is 59.3 Å². The molecule has 0 spiro atoms. The molecule has 0 aromatic rings. The topological polar surface area (TPSA) is 60.7 Å². The van der Waals surface area contributed by atoms with E-state index in [0.29, 0.717) is 6.42 Å². The van der Waals surface area contributed by atoms with Crippen LogP contribution in [0.25, 0.3) is 0 Å². The van der Waals surface area contributed by atoms with Gasteiger partial charge in [-0.3, -0.25) is 0 Å². The lowest BCUT2D eigenvalue weighted by Crippen LogP contribution is -2.18. The highest BCUT2D eigenvalue weighted by atomic mass is 16.3. The fourth-order valence-electron chi connectivity index (χ4n) is 2.97. The molecule has 142 valence electrons. The summed E-state index contributed by atoms with van der Waals surface area (Å²) in [4.78, 5) is 0. The van der Waals surface area contributed by atoms with Crippen molar-refractivity contribution in [1.82, 2.24) is 0 Å². The number of hydrogen-bond acceptors (Lipinski definition) is 3. The van der Waals surface area contributed by atoms with Crippen LogP contribution in [0.5, 0.6) is 0 Å². The zero-order valence-electron chi connectivity index (χ0n) is 16.1. The third kappa shape index (κ3) is 8.66. The molecule has 3 N–H and O–H groups in total. The van der Waals surface area contributed by atoms with Crippen molar-refractivity contribution < 1.29 is 15.3 Å². The van der Waals surface area contributed by atoms with Crippen molar-refractivity contribution in [3.05, 3.63) is 47.6 Å². The van der Waals surface area contributed by atoms with Crippen molar-refractivity contribution in [2.75, 3.05) is 6.61 Å². The molecule has 0 saturated heterocycles. The van der Waals surface area contributed by atoms with Gasteiger partial charge in [-0.2, -0.15) is 0 Å². The van der Waals surface area contributed by atoms with Gasteiger partial charge in [0.15, 0.2) is 0 Å². The predicted octanol–water partition coefficient (Wildman–Crippen LogP) is 4.31. The zero-order valence-corrected chi connectivity index (χ0v) is 16.1. The lowest BCUT2D eigenvalue weighted by atomic mass is 9.93. The van der Waals surface area contributed by atoms with Crippen LogP contribution in [0.2, 0.25) is 0 Å². The van der Waals surface area contributed by atoms with E-state index < -0.39 is 6.10 Å². The molecule has 0 amide bonds. The molecule has 1 aliphatic rings. The van der Waals surface area contributed by atoms with Crippen LogP contribution in [-0.4, -0.2) is 34.1 Å². The van der Waals surface area contributed by atoms with Crippen molar-refractivity contribution in [3.63, 3.8) is 0 Å². The first-order valence-corrected chi connectivity index (χ1v) is 9.58. The summed E-state index contributed by atoms with van der Waals surface area (Å²) in [5, 5.41) is 29.3. The number of aliphatic hydroxyl groups is 3. The minimum atomic E-state index is -0.487. The van der Waals surface area contributed by atoms with Gasteiger partial charge >= 0.3 is 0 Å². The maximum Gasteiger partial charge on any atom is 0.0749 e. The minimum absolute atomic E-state index is 0.00685. The Morgan fingerprint density at radius 1 is 1.28 bits per heavy atom. The largest absolute Gasteiger partial charge is 0.396 e. The van der Waals surface area contributed by atoms with Gasteiger partial charge in [0.1, 0.15) is 0 Å². The summed E-state index contributed by atoms with van der Waals surface area (Å²) >= 11 is 0. The second kappa shape index (κ2) is 12.2. The minimum Gasteiger partial charge on any atom is -0.396 e. The second-order valence-electron chi connectivity index (χ2n) is 7.37. The molecular formula is C22H36O3. The van der Waals surface area contributed by atoms with Crippen molar-refractivity contribution in [1.29, 1.82) is 0 Å². The highest BCUT2D eigenvalue weighted by molar-refractivity contribution is 5.24. The normalized spacial score (nSPS) is 23.2. The molecule has 1 rings (SSSR count). The van der Waals surface area contributed by atoms with Crippen LogP contribution in [-0.2, 0) is 0 Å². The van der Waals surface area contributed by atoms with Crippen molar-refractivity contribution in [2.45, 2.75) is 71.5 Å². The van der Waals surface area contributed by atoms with Crippen molar-refractivity contribution in [2.24, 2.45) is 11.8 Å². The Hall–Kier alpha value is -1.16. The smallest absolute Gasteiger partial charge is 0.0749 e. The molecule has 2 unspecified atom stereocenters. The van der Waals surface area contributed by atoms with E-state index in [4.69, 9.17) is 5.11 Å². The van der Waals surface area contributed by atoms with E-state index >= 15 is 0 Å². The highest BCUT2D eigenvalue weighted by Crippen LogP contribution is 2.30. The van der Waals surface area contributed by atoms with Gasteiger partial charge in [-0.05, 0) is 58.3 Å². The van der Waals surface area contributed by atoms with Crippen LogP contribution in [0.4, 0.5) is 0 Å². The molecule has 0 aromatic heterocycles. The maximum atomic E-state index is 10.3. The molecule has 0 bridgehead atoms. The summed E-state index contributed by atoms with van der Waals surface area (Å²) in [6, 6.07) is 0. The summed E-state index contributed by atoms with van der Waals surface area (Å²) in [5.41, 5.74) is 2.50. The van der Waals surface area contributed by atoms with E-state index in [1.165, 1.54) is 11.1 Å². The number of aliphatic hydroxyl groups excluding tert-OH is 3. The van der Waals surface area contributed by atoms with E-state index in [-0.39, 0.29) is 24.5 Å². The standard InChI is InChI=1S/C22H36O3/c1-17(2)10-11-18(3)21(24)15-13-20-19(12-14-22(20)25)9-7-5-4-6-8-16-23/h5,7,10,12-13,15,18,20-25H,4,6,8-9,11,14,16H2,1-3H3/b7-5-,15-13+/t18?,20-,21?,22-/m1/s1. The second-order valence-corrected chi connectivity index (χ2v) is 7.37. The van der Waals surface area contributed by atoms with Gasteiger partial charge in [0.2, 0.25) is 0 Å². The van der Waals surface area contributed by atoms with Crippen LogP contribution in [0.3, 0.4) is 0 Å². The van der Waals surface area contributed by atoms with Gasteiger partial charge in [0.25, 0.3) is 0 Å². The fraction of sp³-hybridized carbons (Fsp3) is 0.636. The first-order valence-electron chi connectivity index (χ1n) is 9.58. The molecule has 0 fully saturated rings. The average Bonchev–Trinajstić information content (AvgIpc) is 2.93. The number of hydrogen-bond donors (Lipinski definition) is 3. The Labute approximate surface area is 153 Å². The summed E-state index contributed by atoms with van der Waals surface area (Å²) in [7, 11) is 0. The third-order valence-electron chi connectivity index (χ3n) is 4.76. The monoisotopic (exact) mass is 348 g/mol. The van der Waals surface area contributed by atoms with Gasteiger partial charge in [0, 0.05) is 12.5 Å². The molecule has 0 heterocycles. The molecule has 3 heteroatoms. The van der Waals surface area contributed by atoms with E-state index in [0.717, 1.165) is 32.1 Å². The fourth-order valence-corrected chi connectivity index (χ4v) is 2.97. The molecule has 1 aliphatic carbocycles. The quantitative estimate of drug-likeness (QED) is 0.385. The summed E-state index contributed by atoms with van der Waals surface area (Å²) in [6.45, 7) is 6.44. The lowest BCUT2D eigenvalue weighted by molar-refractivity contribution is 0.151. The van der Waals surface area contributed by atoms with Gasteiger partial charge in [-0.1, -0.05) is 54.5 Å². The summed E-state index contributed by atoms with van der Waals surface area (Å²) in [6.07, 6.45) is 16.8. The Morgan fingerprint density at radius 2 is 2.04 bits per heavy atom. The summed E-state index contributed by atoms with van der Waals surface area (Å²) in [5.74, 6) is 0.177. The van der Waals surface area contributed by atoms with E-state index in [1.807, 2.05) is 19.1 Å². The highest BCUT2D eigenvalue weighted by Gasteiger charge is 2.25. The van der Waals surface area contributed by atoms with E-state index in [2.05, 4.69) is 38.2 Å². The first-order chi connectivity index (χ1) is 12.0. The Morgan fingerprint density at radius 3 is 2.72 bits per heavy atom. The van der Waals surface area contributed by atoms with Crippen LogP contribution in [0, 0.1) is 11.8 Å². The van der Waals surface area contributed by atoms with Crippen molar-refractivity contribution in [3.8, 4) is 0 Å². The van der Waals surface area contributed by atoms with Crippen LogP contribution < -0.4 is 0 Å². The molecule has 25 heavy (non-hydrogen) atoms. The SMILES string of the molecule is CC(C)=CCC(C)C(O)/C=C/[C@@H]1C(C/C=C\CCCCO)=CC[C@H]1O. The number of allylic oxidation sites excluding steroid dienone is 4. The predicted molar refractivity (Wildman–Crippen MR) is 105 cm³/mol. The summed E-state index contributed by atoms with van der Waals surface area (Å²) < 4.78 is 0. The maximum absolute atomic E-state index is 10.3. The Kier molecular flexibility index (Phi) is 10.7. The molecule has 3 nitrogen and oxygen atoms in total. The molecule has 0 radical (unpaired) electrons. The average molecular weight is 349 g/mol. The molecule has 0 aromatic carbocycles. The Bertz CT molecular complexity index is 484. The van der Waals surface area contributed by atoms with Crippen molar-refractivity contribution >= 4 is 0 Å². The van der Waals surface area contributed by atoms with Gasteiger partial charge in [-0.25, -0.2) is 0 Å². The Balaban J connectivity index is 2.51. The van der Waals surface area contributed by atoms with E-state index in [9.17, 15) is 10.2 Å². The molecular weight excluding hydrogens is 312 g/mol. The first kappa shape index (κ1) is 21.9. The van der Waals surface area contributed by atoms with E-state index in [1.54, 1.807) is 0 Å². The van der Waals surface area contributed by atoms with Gasteiger partial charge in [0.05, 0.1) is 12.2 Å². The van der Waals surface area contributed by atoms with Crippen LogP contribution >= 0.6 is 0 Å². The lowest BCUT2D eigenvalue weighted by Gasteiger charge is -2.17.